The number of hydrogen-bond acceptors (Lipinski definition) is 6. The highest BCUT2D eigenvalue weighted by atomic mass is 19.4. The molecule has 7 nitrogen and oxygen atoms in total. The molecule has 10 heteroatoms. The van der Waals surface area contributed by atoms with Crippen LogP contribution in [-0.2, 0) is 22.3 Å². The van der Waals surface area contributed by atoms with Gasteiger partial charge >= 0.3 is 12.3 Å². The molecule has 2 heterocycles. The number of alkyl halides is 3. The number of nitrogens with one attached hydrogen (secondary N) is 1. The second kappa shape index (κ2) is 9.09. The van der Waals surface area contributed by atoms with Crippen LogP contribution in [0.15, 0.2) is 42.7 Å². The van der Waals surface area contributed by atoms with Crippen LogP contribution in [0, 0.1) is 0 Å². The minimum Gasteiger partial charge on any atom is -0.444 e. The Morgan fingerprint density at radius 1 is 1.13 bits per heavy atom. The van der Waals surface area contributed by atoms with Gasteiger partial charge in [-0.25, -0.2) is 14.8 Å². The summed E-state index contributed by atoms with van der Waals surface area (Å²) in [5.41, 5.74) is -0.755. The van der Waals surface area contributed by atoms with Crippen LogP contribution in [0.2, 0.25) is 0 Å². The summed E-state index contributed by atoms with van der Waals surface area (Å²) in [6.07, 6.45) is -2.10. The van der Waals surface area contributed by atoms with Crippen LogP contribution in [0.25, 0.3) is 0 Å². The van der Waals surface area contributed by atoms with Crippen molar-refractivity contribution in [2.45, 2.75) is 51.3 Å². The first-order valence-corrected chi connectivity index (χ1v) is 9.80. The summed E-state index contributed by atoms with van der Waals surface area (Å²) in [6.45, 7) is 6.02. The van der Waals surface area contributed by atoms with E-state index in [9.17, 15) is 18.0 Å². The average molecular weight is 438 g/mol. The Morgan fingerprint density at radius 2 is 1.77 bits per heavy atom. The molecule has 1 aromatic heterocycles. The molecule has 31 heavy (non-hydrogen) atoms. The van der Waals surface area contributed by atoms with Crippen molar-refractivity contribution in [2.75, 3.05) is 18.4 Å². The molecular formula is C21H25F3N4O3. The highest BCUT2D eigenvalue weighted by Crippen LogP contribution is 2.29. The fraction of sp³-hybridized carbons (Fsp3) is 0.476. The van der Waals surface area contributed by atoms with Gasteiger partial charge in [-0.3, -0.25) is 0 Å². The van der Waals surface area contributed by atoms with Gasteiger partial charge in [-0.15, -0.1) is 0 Å². The van der Waals surface area contributed by atoms with Gasteiger partial charge in [0.1, 0.15) is 5.60 Å². The molecule has 1 N–H and O–H groups in total. The predicted octanol–water partition coefficient (Wildman–Crippen LogP) is 4.11. The fourth-order valence-electron chi connectivity index (χ4n) is 3.09. The summed E-state index contributed by atoms with van der Waals surface area (Å²) in [5, 5.41) is 3.16. The van der Waals surface area contributed by atoms with Crippen LogP contribution in [0.1, 0.15) is 31.9 Å². The number of aromatic nitrogens is 2. The van der Waals surface area contributed by atoms with Crippen molar-refractivity contribution < 1.29 is 27.4 Å². The highest BCUT2D eigenvalue weighted by Gasteiger charge is 2.38. The van der Waals surface area contributed by atoms with Gasteiger partial charge < -0.3 is 19.7 Å². The van der Waals surface area contributed by atoms with E-state index in [-0.39, 0.29) is 19.2 Å². The first-order valence-electron chi connectivity index (χ1n) is 9.80. The van der Waals surface area contributed by atoms with Crippen molar-refractivity contribution in [3.63, 3.8) is 0 Å². The molecule has 0 aliphatic carbocycles. The van der Waals surface area contributed by atoms with Crippen molar-refractivity contribution >= 4 is 12.0 Å². The summed E-state index contributed by atoms with van der Waals surface area (Å²) in [7, 11) is 0. The smallest absolute Gasteiger partial charge is 0.416 e. The summed E-state index contributed by atoms with van der Waals surface area (Å²) in [5.74, 6) is 0.390. The molecule has 1 aliphatic heterocycles. The van der Waals surface area contributed by atoms with Crippen LogP contribution in [0.4, 0.5) is 23.9 Å². The van der Waals surface area contributed by atoms with Gasteiger partial charge in [0.05, 0.1) is 30.9 Å². The van der Waals surface area contributed by atoms with Gasteiger partial charge in [-0.1, -0.05) is 12.1 Å². The third kappa shape index (κ3) is 6.55. The minimum absolute atomic E-state index is 0.0960. The molecule has 2 atom stereocenters. The SMILES string of the molecule is CC(C)(C)OC(=O)N1CC(Nc2ncccn2)C(OCc2ccc(C(F)(F)F)cc2)C1. The molecule has 1 saturated heterocycles. The average Bonchev–Trinajstić information content (AvgIpc) is 3.08. The zero-order valence-electron chi connectivity index (χ0n) is 17.5. The van der Waals surface area contributed by atoms with E-state index in [2.05, 4.69) is 15.3 Å². The Morgan fingerprint density at radius 3 is 2.35 bits per heavy atom. The number of rotatable bonds is 5. The molecule has 0 bridgehead atoms. The standard InChI is InChI=1S/C21H25F3N4O3/c1-20(2,3)31-19(29)28-11-16(27-18-25-9-4-10-26-18)17(12-28)30-13-14-5-7-15(8-6-14)21(22,23)24/h4-10,16-17H,11-13H2,1-3H3,(H,25,26,27). The molecule has 2 aromatic rings. The van der Waals surface area contributed by atoms with Crippen LogP contribution in [0.3, 0.4) is 0 Å². The van der Waals surface area contributed by atoms with E-state index in [1.807, 2.05) is 0 Å². The van der Waals surface area contributed by atoms with Crippen molar-refractivity contribution in [1.29, 1.82) is 0 Å². The summed E-state index contributed by atoms with van der Waals surface area (Å²) in [4.78, 5) is 22.3. The molecule has 1 amide bonds. The Bertz CT molecular complexity index is 870. The first-order chi connectivity index (χ1) is 14.5. The van der Waals surface area contributed by atoms with Gasteiger partial charge in [-0.2, -0.15) is 13.2 Å². The third-order valence-corrected chi connectivity index (χ3v) is 4.54. The number of likely N-dealkylation sites (tertiary alicyclic amines) is 1. The number of halogens is 3. The number of carbonyl (C=O) groups excluding carboxylic acids is 1. The highest BCUT2D eigenvalue weighted by molar-refractivity contribution is 5.69. The minimum atomic E-state index is -4.39. The molecule has 168 valence electrons. The maximum Gasteiger partial charge on any atom is 0.416 e. The van der Waals surface area contributed by atoms with Gasteiger partial charge in [0.2, 0.25) is 5.95 Å². The molecule has 0 saturated carbocycles. The van der Waals surface area contributed by atoms with Crippen molar-refractivity contribution in [2.24, 2.45) is 0 Å². The number of carbonyl (C=O) groups is 1. The van der Waals surface area contributed by atoms with E-state index < -0.39 is 29.5 Å². The molecule has 1 aromatic carbocycles. The number of ether oxygens (including phenoxy) is 2. The third-order valence-electron chi connectivity index (χ3n) is 4.54. The van der Waals surface area contributed by atoms with Gasteiger partial charge in [-0.05, 0) is 44.5 Å². The molecule has 2 unspecified atom stereocenters. The molecule has 0 spiro atoms. The number of benzene rings is 1. The van der Waals surface area contributed by atoms with Crippen LogP contribution in [-0.4, -0.2) is 51.8 Å². The zero-order chi connectivity index (χ0) is 22.6. The Balaban J connectivity index is 1.67. The van der Waals surface area contributed by atoms with Crippen molar-refractivity contribution in [3.05, 3.63) is 53.9 Å². The zero-order valence-corrected chi connectivity index (χ0v) is 17.5. The maximum absolute atomic E-state index is 12.7. The van der Waals surface area contributed by atoms with E-state index in [4.69, 9.17) is 9.47 Å². The molecule has 3 rings (SSSR count). The number of nitrogens with zero attached hydrogens (tertiary/aromatic N) is 3. The number of hydrogen-bond donors (Lipinski definition) is 1. The van der Waals surface area contributed by atoms with Crippen molar-refractivity contribution in [3.8, 4) is 0 Å². The van der Waals surface area contributed by atoms with E-state index in [1.165, 1.54) is 17.0 Å². The molecule has 1 aliphatic rings. The molecule has 0 radical (unpaired) electrons. The van der Waals surface area contributed by atoms with Gasteiger partial charge in [0, 0.05) is 18.9 Å². The van der Waals surface area contributed by atoms with Crippen LogP contribution in [0.5, 0.6) is 0 Å². The van der Waals surface area contributed by atoms with Crippen LogP contribution < -0.4 is 5.32 Å². The monoisotopic (exact) mass is 438 g/mol. The topological polar surface area (TPSA) is 76.6 Å². The lowest BCUT2D eigenvalue weighted by molar-refractivity contribution is -0.137. The van der Waals surface area contributed by atoms with Crippen LogP contribution >= 0.6 is 0 Å². The number of amides is 1. The normalized spacial score (nSPS) is 19.4. The lowest BCUT2D eigenvalue weighted by Crippen LogP contribution is -2.36. The van der Waals surface area contributed by atoms with Gasteiger partial charge in [0.15, 0.2) is 0 Å². The Hall–Kier alpha value is -2.88. The Kier molecular flexibility index (Phi) is 6.68. The predicted molar refractivity (Wildman–Crippen MR) is 107 cm³/mol. The maximum atomic E-state index is 12.7. The second-order valence-electron chi connectivity index (χ2n) is 8.25. The first kappa shape index (κ1) is 22.8. The Labute approximate surface area is 178 Å². The van der Waals surface area contributed by atoms with E-state index in [0.29, 0.717) is 18.1 Å². The number of anilines is 1. The molecule has 1 fully saturated rings. The fourth-order valence-corrected chi connectivity index (χ4v) is 3.09. The summed E-state index contributed by atoms with van der Waals surface area (Å²) < 4.78 is 49.6. The van der Waals surface area contributed by atoms with Gasteiger partial charge in [0.25, 0.3) is 0 Å². The quantitative estimate of drug-likeness (QED) is 0.757. The van der Waals surface area contributed by atoms with Crippen molar-refractivity contribution in [1.82, 2.24) is 14.9 Å². The van der Waals surface area contributed by atoms with E-state index >= 15 is 0 Å². The lowest BCUT2D eigenvalue weighted by Gasteiger charge is -2.24. The van der Waals surface area contributed by atoms with E-state index in [1.54, 1.807) is 39.2 Å². The summed E-state index contributed by atoms with van der Waals surface area (Å²) >= 11 is 0. The molecular weight excluding hydrogens is 413 g/mol. The summed E-state index contributed by atoms with van der Waals surface area (Å²) in [6, 6.07) is 6.18. The second-order valence-corrected chi connectivity index (χ2v) is 8.25. The lowest BCUT2D eigenvalue weighted by atomic mass is 10.1. The van der Waals surface area contributed by atoms with E-state index in [0.717, 1.165) is 12.1 Å². The largest absolute Gasteiger partial charge is 0.444 e.